The van der Waals surface area contributed by atoms with Crippen molar-refractivity contribution >= 4 is 23.1 Å². The molecule has 162 valence electrons. The van der Waals surface area contributed by atoms with Gasteiger partial charge in [-0.3, -0.25) is 4.79 Å². The zero-order chi connectivity index (χ0) is 21.3. The van der Waals surface area contributed by atoms with Crippen LogP contribution in [-0.2, 0) is 11.2 Å². The van der Waals surface area contributed by atoms with Gasteiger partial charge in [0.05, 0.1) is 16.5 Å². The number of carbonyl (C=O) groups is 1. The first-order valence-corrected chi connectivity index (χ1v) is 10.4. The Morgan fingerprint density at radius 3 is 2.67 bits per heavy atom. The van der Waals surface area contributed by atoms with Crippen molar-refractivity contribution in [3.05, 3.63) is 18.0 Å². The number of aryl methyl sites for hydroxylation is 1. The number of anilines is 1. The average Bonchev–Trinajstić information content (AvgIpc) is 3.15. The van der Waals surface area contributed by atoms with Gasteiger partial charge in [-0.2, -0.15) is 13.2 Å². The fraction of sp³-hybridized carbons (Fsp3) is 0.526. The predicted molar refractivity (Wildman–Crippen MR) is 103 cm³/mol. The maximum Gasteiger partial charge on any atom is 0.389 e. The molecule has 0 unspecified atom stereocenters. The molecule has 0 bridgehead atoms. The van der Waals surface area contributed by atoms with Crippen molar-refractivity contribution in [2.24, 2.45) is 5.92 Å². The molecule has 2 aliphatic heterocycles. The van der Waals surface area contributed by atoms with Crippen LogP contribution in [0.2, 0.25) is 0 Å². The average molecular weight is 443 g/mol. The second kappa shape index (κ2) is 8.29. The molecule has 0 atom stereocenters. The van der Waals surface area contributed by atoms with Crippen molar-refractivity contribution in [1.82, 2.24) is 9.97 Å². The number of ether oxygens (including phenoxy) is 2. The molecule has 2 aliphatic rings. The Morgan fingerprint density at radius 2 is 2.00 bits per heavy atom. The highest BCUT2D eigenvalue weighted by atomic mass is 32.1. The second-order valence-electron chi connectivity index (χ2n) is 7.21. The predicted octanol–water partition coefficient (Wildman–Crippen LogP) is 3.77. The second-order valence-corrected chi connectivity index (χ2v) is 8.22. The van der Waals surface area contributed by atoms with E-state index in [1.807, 2.05) is 4.90 Å². The molecule has 1 saturated heterocycles. The van der Waals surface area contributed by atoms with Gasteiger partial charge in [-0.05, 0) is 19.3 Å². The number of rotatable bonds is 5. The number of carboxylic acids is 1. The Hall–Kier alpha value is -2.56. The van der Waals surface area contributed by atoms with Crippen LogP contribution in [0.3, 0.4) is 0 Å². The molecule has 4 heterocycles. The number of piperidine rings is 1. The van der Waals surface area contributed by atoms with Crippen molar-refractivity contribution in [1.29, 1.82) is 0 Å². The van der Waals surface area contributed by atoms with Crippen molar-refractivity contribution < 1.29 is 32.5 Å². The van der Waals surface area contributed by atoms with Crippen molar-refractivity contribution in [3.8, 4) is 21.4 Å². The van der Waals surface area contributed by atoms with Crippen molar-refractivity contribution in [2.75, 3.05) is 31.2 Å². The molecule has 0 aromatic carbocycles. The number of aliphatic carboxylic acids is 1. The summed E-state index contributed by atoms with van der Waals surface area (Å²) in [4.78, 5) is 22.8. The SMILES string of the molecule is O=C(O)C1CCN(c2nc(CCC(F)(F)F)cnc2-c2cc3c(s2)OCCO3)CC1. The van der Waals surface area contributed by atoms with Gasteiger partial charge in [-0.25, -0.2) is 9.97 Å². The summed E-state index contributed by atoms with van der Waals surface area (Å²) in [5.74, 6) is -0.182. The molecule has 7 nitrogen and oxygen atoms in total. The molecule has 2 aromatic heterocycles. The lowest BCUT2D eigenvalue weighted by Crippen LogP contribution is -2.37. The molecule has 0 saturated carbocycles. The van der Waals surface area contributed by atoms with Gasteiger partial charge in [0.25, 0.3) is 0 Å². The lowest BCUT2D eigenvalue weighted by atomic mass is 9.97. The van der Waals surface area contributed by atoms with Gasteiger partial charge in [0, 0.05) is 31.8 Å². The third kappa shape index (κ3) is 4.61. The van der Waals surface area contributed by atoms with E-state index in [1.54, 1.807) is 6.07 Å². The smallest absolute Gasteiger partial charge is 0.389 e. The van der Waals surface area contributed by atoms with E-state index in [0.717, 1.165) is 4.88 Å². The highest BCUT2D eigenvalue weighted by Crippen LogP contribution is 2.45. The number of hydrogen-bond acceptors (Lipinski definition) is 7. The zero-order valence-electron chi connectivity index (χ0n) is 15.9. The van der Waals surface area contributed by atoms with Crippen molar-refractivity contribution in [2.45, 2.75) is 31.9 Å². The molecule has 2 aromatic rings. The quantitative estimate of drug-likeness (QED) is 0.753. The molecule has 0 radical (unpaired) electrons. The number of fused-ring (bicyclic) bond motifs is 1. The summed E-state index contributed by atoms with van der Waals surface area (Å²) >= 11 is 1.35. The number of alkyl halides is 3. The number of halogens is 3. The molecule has 30 heavy (non-hydrogen) atoms. The number of thiophene rings is 1. The summed E-state index contributed by atoms with van der Waals surface area (Å²) in [5, 5.41) is 9.87. The molecule has 0 spiro atoms. The van der Waals surface area contributed by atoms with E-state index in [2.05, 4.69) is 9.97 Å². The first-order valence-electron chi connectivity index (χ1n) is 9.60. The van der Waals surface area contributed by atoms with Crippen LogP contribution < -0.4 is 14.4 Å². The Bertz CT molecular complexity index is 903. The van der Waals surface area contributed by atoms with Gasteiger partial charge < -0.3 is 19.5 Å². The monoisotopic (exact) mass is 443 g/mol. The van der Waals surface area contributed by atoms with Crippen LogP contribution in [0.15, 0.2) is 12.3 Å². The van der Waals surface area contributed by atoms with Crippen LogP contribution in [0.25, 0.3) is 10.6 Å². The Kier molecular flexibility index (Phi) is 5.72. The van der Waals surface area contributed by atoms with Crippen LogP contribution in [0, 0.1) is 5.92 Å². The third-order valence-electron chi connectivity index (χ3n) is 5.09. The Morgan fingerprint density at radius 1 is 1.27 bits per heavy atom. The summed E-state index contributed by atoms with van der Waals surface area (Å²) in [6.07, 6.45) is -3.26. The minimum absolute atomic E-state index is 0.250. The minimum atomic E-state index is -4.28. The van der Waals surface area contributed by atoms with E-state index in [1.165, 1.54) is 17.5 Å². The third-order valence-corrected chi connectivity index (χ3v) is 6.12. The van der Waals surface area contributed by atoms with Gasteiger partial charge >= 0.3 is 12.1 Å². The zero-order valence-corrected chi connectivity index (χ0v) is 16.8. The van der Waals surface area contributed by atoms with Gasteiger partial charge in [0.2, 0.25) is 5.06 Å². The normalized spacial score (nSPS) is 17.2. The summed E-state index contributed by atoms with van der Waals surface area (Å²) in [6, 6.07) is 1.80. The summed E-state index contributed by atoms with van der Waals surface area (Å²) < 4.78 is 49.1. The Labute approximate surface area is 174 Å². The van der Waals surface area contributed by atoms with Crippen LogP contribution in [0.5, 0.6) is 10.8 Å². The fourth-order valence-corrected chi connectivity index (χ4v) is 4.47. The molecule has 0 aliphatic carbocycles. The number of nitrogens with zero attached hydrogens (tertiary/aromatic N) is 3. The molecule has 1 N–H and O–H groups in total. The molecular formula is C19H20F3N3O4S. The first kappa shape index (κ1) is 20.7. The first-order chi connectivity index (χ1) is 14.3. The van der Waals surface area contributed by atoms with Crippen LogP contribution in [0.4, 0.5) is 19.0 Å². The molecule has 1 fully saturated rings. The highest BCUT2D eigenvalue weighted by molar-refractivity contribution is 7.17. The molecule has 11 heteroatoms. The van der Waals surface area contributed by atoms with Crippen LogP contribution in [0.1, 0.15) is 25.0 Å². The standard InChI is InChI=1S/C19H20F3N3O4S/c20-19(21,22)4-1-12-10-23-15(14-9-13-18(30-14)29-8-7-28-13)16(24-12)25-5-2-11(3-6-25)17(26)27/h9-11H,1-8H2,(H,26,27). The number of aromatic nitrogens is 2. The summed E-state index contributed by atoms with van der Waals surface area (Å²) in [5.41, 5.74) is 0.784. The van der Waals surface area contributed by atoms with Crippen LogP contribution in [-0.4, -0.2) is 53.5 Å². The van der Waals surface area contributed by atoms with E-state index < -0.39 is 24.5 Å². The van der Waals surface area contributed by atoms with Gasteiger partial charge in [-0.15, -0.1) is 0 Å². The minimum Gasteiger partial charge on any atom is -0.485 e. The van der Waals surface area contributed by atoms with E-state index in [0.29, 0.717) is 61.5 Å². The lowest BCUT2D eigenvalue weighted by molar-refractivity contribution is -0.142. The maximum atomic E-state index is 12.7. The molecule has 0 amide bonds. The highest BCUT2D eigenvalue weighted by Gasteiger charge is 2.30. The van der Waals surface area contributed by atoms with E-state index in [-0.39, 0.29) is 12.1 Å². The molecule has 4 rings (SSSR count). The number of hydrogen-bond donors (Lipinski definition) is 1. The summed E-state index contributed by atoms with van der Waals surface area (Å²) in [6.45, 7) is 1.78. The van der Waals surface area contributed by atoms with E-state index in [4.69, 9.17) is 9.47 Å². The van der Waals surface area contributed by atoms with Crippen molar-refractivity contribution in [3.63, 3.8) is 0 Å². The van der Waals surface area contributed by atoms with Crippen LogP contribution >= 0.6 is 11.3 Å². The van der Waals surface area contributed by atoms with E-state index >= 15 is 0 Å². The van der Waals surface area contributed by atoms with Gasteiger partial charge in [0.1, 0.15) is 18.9 Å². The van der Waals surface area contributed by atoms with Gasteiger partial charge in [-0.1, -0.05) is 11.3 Å². The topological polar surface area (TPSA) is 84.8 Å². The molecular weight excluding hydrogens is 423 g/mol. The fourth-order valence-electron chi connectivity index (χ4n) is 3.50. The largest absolute Gasteiger partial charge is 0.485 e. The number of carboxylic acid groups (broad SMARTS) is 1. The summed E-state index contributed by atoms with van der Waals surface area (Å²) in [7, 11) is 0. The lowest BCUT2D eigenvalue weighted by Gasteiger charge is -2.32. The van der Waals surface area contributed by atoms with E-state index in [9.17, 15) is 23.1 Å². The maximum absolute atomic E-state index is 12.7. The Balaban J connectivity index is 1.65. The van der Waals surface area contributed by atoms with Gasteiger partial charge in [0.15, 0.2) is 11.6 Å².